The molecule has 1 heterocycles. The monoisotopic (exact) mass is 296 g/mol. The third-order valence-electron chi connectivity index (χ3n) is 3.40. The van der Waals surface area contributed by atoms with E-state index in [-0.39, 0.29) is 5.25 Å². The standard InChI is InChI=1S/C14H20N2O3S/c1-3-16-8-11(12(17)13(16)19-14(15)18)20-10-6-4-9(2)5-7-10/h4-7,11-13,17H,3,8H2,1-2H3,(H2,15,18). The van der Waals surface area contributed by atoms with E-state index in [1.165, 1.54) is 5.56 Å². The smallest absolute Gasteiger partial charge is 0.406 e. The lowest BCUT2D eigenvalue weighted by molar-refractivity contribution is -0.0408. The van der Waals surface area contributed by atoms with Crippen molar-refractivity contribution in [2.75, 3.05) is 13.1 Å². The van der Waals surface area contributed by atoms with Crippen LogP contribution in [0.3, 0.4) is 0 Å². The third-order valence-corrected chi connectivity index (χ3v) is 4.67. The molecule has 1 aliphatic heterocycles. The summed E-state index contributed by atoms with van der Waals surface area (Å²) < 4.78 is 5.02. The van der Waals surface area contributed by atoms with Gasteiger partial charge < -0.3 is 15.6 Å². The van der Waals surface area contributed by atoms with Gasteiger partial charge in [-0.05, 0) is 25.6 Å². The Labute approximate surface area is 123 Å². The number of aliphatic hydroxyl groups is 1. The van der Waals surface area contributed by atoms with Gasteiger partial charge in [0.05, 0.1) is 5.25 Å². The van der Waals surface area contributed by atoms with Crippen LogP contribution in [-0.4, -0.2) is 46.8 Å². The van der Waals surface area contributed by atoms with Crippen molar-refractivity contribution in [3.05, 3.63) is 29.8 Å². The first-order chi connectivity index (χ1) is 9.51. The average Bonchev–Trinajstić information content (AvgIpc) is 2.69. The summed E-state index contributed by atoms with van der Waals surface area (Å²) in [6, 6.07) is 8.15. The van der Waals surface area contributed by atoms with Crippen LogP contribution in [0.5, 0.6) is 0 Å². The number of ether oxygens (including phenoxy) is 1. The highest BCUT2D eigenvalue weighted by Gasteiger charge is 2.42. The minimum absolute atomic E-state index is 0.0398. The summed E-state index contributed by atoms with van der Waals surface area (Å²) in [5, 5.41) is 10.3. The van der Waals surface area contributed by atoms with E-state index in [1.54, 1.807) is 11.8 Å². The number of rotatable bonds is 4. The van der Waals surface area contributed by atoms with Gasteiger partial charge in [0.2, 0.25) is 0 Å². The van der Waals surface area contributed by atoms with Crippen molar-refractivity contribution in [2.24, 2.45) is 5.73 Å². The van der Waals surface area contributed by atoms with E-state index in [0.29, 0.717) is 13.1 Å². The maximum Gasteiger partial charge on any atom is 0.406 e. The molecule has 3 unspecified atom stereocenters. The van der Waals surface area contributed by atoms with Crippen LogP contribution in [0, 0.1) is 6.92 Å². The van der Waals surface area contributed by atoms with E-state index >= 15 is 0 Å². The van der Waals surface area contributed by atoms with Gasteiger partial charge in [-0.2, -0.15) is 0 Å². The van der Waals surface area contributed by atoms with E-state index in [4.69, 9.17) is 10.5 Å². The normalized spacial score (nSPS) is 26.6. The minimum Gasteiger partial charge on any atom is -0.427 e. The molecule has 0 aliphatic carbocycles. The van der Waals surface area contributed by atoms with Crippen molar-refractivity contribution >= 4 is 17.9 Å². The van der Waals surface area contributed by atoms with Crippen molar-refractivity contribution in [3.8, 4) is 0 Å². The number of carbonyl (C=O) groups excluding carboxylic acids is 1. The van der Waals surface area contributed by atoms with Crippen LogP contribution in [0.2, 0.25) is 0 Å². The highest BCUT2D eigenvalue weighted by Crippen LogP contribution is 2.33. The first kappa shape index (κ1) is 15.2. The fraction of sp³-hybridized carbons (Fsp3) is 0.500. The summed E-state index contributed by atoms with van der Waals surface area (Å²) in [7, 11) is 0. The number of nitrogens with two attached hydrogens (primary N) is 1. The molecule has 1 aromatic carbocycles. The molecule has 0 saturated carbocycles. The molecule has 0 aromatic heterocycles. The molecular formula is C14H20N2O3S. The van der Waals surface area contributed by atoms with Crippen LogP contribution in [0.4, 0.5) is 4.79 Å². The minimum atomic E-state index is -0.853. The number of nitrogens with zero attached hydrogens (tertiary/aromatic N) is 1. The van der Waals surface area contributed by atoms with E-state index in [0.717, 1.165) is 4.90 Å². The van der Waals surface area contributed by atoms with Crippen LogP contribution in [0.25, 0.3) is 0 Å². The molecule has 1 aliphatic rings. The van der Waals surface area contributed by atoms with Crippen molar-refractivity contribution < 1.29 is 14.6 Å². The lowest BCUT2D eigenvalue weighted by Crippen LogP contribution is -2.40. The van der Waals surface area contributed by atoms with Gasteiger partial charge in [0.15, 0.2) is 6.23 Å². The zero-order chi connectivity index (χ0) is 14.7. The second kappa shape index (κ2) is 6.47. The second-order valence-electron chi connectivity index (χ2n) is 4.87. The number of benzene rings is 1. The summed E-state index contributed by atoms with van der Waals surface area (Å²) >= 11 is 1.59. The molecule has 1 aromatic rings. The van der Waals surface area contributed by atoms with Gasteiger partial charge in [0.25, 0.3) is 0 Å². The summed E-state index contributed by atoms with van der Waals surface area (Å²) in [6.45, 7) is 5.35. The van der Waals surface area contributed by atoms with Gasteiger partial charge in [-0.25, -0.2) is 4.79 Å². The van der Waals surface area contributed by atoms with Crippen LogP contribution < -0.4 is 5.73 Å². The third kappa shape index (κ3) is 3.45. The van der Waals surface area contributed by atoms with Crippen LogP contribution >= 0.6 is 11.8 Å². The largest absolute Gasteiger partial charge is 0.427 e. The number of likely N-dealkylation sites (N-methyl/N-ethyl adjacent to an activating group) is 1. The summed E-state index contributed by atoms with van der Waals surface area (Å²) in [4.78, 5) is 13.9. The number of thioether (sulfide) groups is 1. The van der Waals surface area contributed by atoms with E-state index in [1.807, 2.05) is 43.0 Å². The molecule has 0 spiro atoms. The molecule has 2 rings (SSSR count). The molecule has 1 amide bonds. The lowest BCUT2D eigenvalue weighted by atomic mass is 10.2. The first-order valence-corrected chi connectivity index (χ1v) is 7.50. The zero-order valence-corrected chi connectivity index (χ0v) is 12.5. The first-order valence-electron chi connectivity index (χ1n) is 6.62. The molecule has 0 radical (unpaired) electrons. The van der Waals surface area contributed by atoms with Crippen LogP contribution in [-0.2, 0) is 4.74 Å². The average molecular weight is 296 g/mol. The number of hydrogen-bond donors (Lipinski definition) is 2. The molecule has 3 atom stereocenters. The van der Waals surface area contributed by atoms with Crippen molar-refractivity contribution in [2.45, 2.75) is 36.3 Å². The molecule has 5 nitrogen and oxygen atoms in total. The van der Waals surface area contributed by atoms with Gasteiger partial charge in [0, 0.05) is 11.4 Å². The second-order valence-corrected chi connectivity index (χ2v) is 6.19. The van der Waals surface area contributed by atoms with Crippen LogP contribution in [0.15, 0.2) is 29.2 Å². The number of hydrogen-bond acceptors (Lipinski definition) is 5. The summed E-state index contributed by atoms with van der Waals surface area (Å²) in [5.41, 5.74) is 6.26. The number of primary amides is 1. The van der Waals surface area contributed by atoms with Gasteiger partial charge in [-0.1, -0.05) is 24.6 Å². The Morgan fingerprint density at radius 3 is 2.70 bits per heavy atom. The summed E-state index contributed by atoms with van der Waals surface area (Å²) in [5.74, 6) is 0. The summed E-state index contributed by atoms with van der Waals surface area (Å²) in [6.07, 6.45) is -2.25. The Morgan fingerprint density at radius 2 is 2.15 bits per heavy atom. The van der Waals surface area contributed by atoms with Crippen molar-refractivity contribution in [3.63, 3.8) is 0 Å². The fourth-order valence-electron chi connectivity index (χ4n) is 2.31. The predicted octanol–water partition coefficient (Wildman–Crippen LogP) is 1.57. The number of likely N-dealkylation sites (tertiary alicyclic amines) is 1. The lowest BCUT2D eigenvalue weighted by Gasteiger charge is -2.23. The molecule has 0 bridgehead atoms. The Balaban J connectivity index is 2.05. The Morgan fingerprint density at radius 1 is 1.50 bits per heavy atom. The Hall–Kier alpha value is -1.24. The highest BCUT2D eigenvalue weighted by molar-refractivity contribution is 8.00. The molecule has 1 fully saturated rings. The molecular weight excluding hydrogens is 276 g/mol. The number of aliphatic hydroxyl groups excluding tert-OH is 1. The number of aryl methyl sites for hydroxylation is 1. The van der Waals surface area contributed by atoms with Gasteiger partial charge >= 0.3 is 6.09 Å². The van der Waals surface area contributed by atoms with Crippen molar-refractivity contribution in [1.82, 2.24) is 4.90 Å². The quantitative estimate of drug-likeness (QED) is 0.882. The molecule has 3 N–H and O–H groups in total. The SMILES string of the molecule is CCN1CC(Sc2ccc(C)cc2)C(O)C1OC(N)=O. The maximum absolute atomic E-state index is 10.9. The molecule has 6 heteroatoms. The topological polar surface area (TPSA) is 75.8 Å². The fourth-order valence-corrected chi connectivity index (χ4v) is 3.50. The maximum atomic E-state index is 10.9. The Kier molecular flexibility index (Phi) is 4.91. The molecule has 1 saturated heterocycles. The number of amides is 1. The van der Waals surface area contributed by atoms with Gasteiger partial charge in [-0.3, -0.25) is 4.90 Å². The zero-order valence-electron chi connectivity index (χ0n) is 11.7. The van der Waals surface area contributed by atoms with E-state index in [2.05, 4.69) is 0 Å². The van der Waals surface area contributed by atoms with E-state index < -0.39 is 18.4 Å². The highest BCUT2D eigenvalue weighted by atomic mass is 32.2. The van der Waals surface area contributed by atoms with Crippen molar-refractivity contribution in [1.29, 1.82) is 0 Å². The number of carbonyl (C=O) groups is 1. The van der Waals surface area contributed by atoms with Crippen LogP contribution in [0.1, 0.15) is 12.5 Å². The molecule has 110 valence electrons. The van der Waals surface area contributed by atoms with Gasteiger partial charge in [-0.15, -0.1) is 11.8 Å². The predicted molar refractivity (Wildman–Crippen MR) is 78.5 cm³/mol. The van der Waals surface area contributed by atoms with Gasteiger partial charge in [0.1, 0.15) is 6.10 Å². The molecule has 20 heavy (non-hydrogen) atoms. The van der Waals surface area contributed by atoms with E-state index in [9.17, 15) is 9.90 Å². The Bertz CT molecular complexity index is 466.